The SMILES string of the molecule is Cc1nc(C(F)(F)F)oc1C(N)C(=O)O. The molecule has 1 aromatic heterocycles. The summed E-state index contributed by atoms with van der Waals surface area (Å²) in [5.41, 5.74) is 4.91. The Morgan fingerprint density at radius 1 is 1.60 bits per heavy atom. The molecule has 84 valence electrons. The van der Waals surface area contributed by atoms with Gasteiger partial charge in [-0.1, -0.05) is 0 Å². The fourth-order valence-corrected chi connectivity index (χ4v) is 0.930. The van der Waals surface area contributed by atoms with Crippen LogP contribution in [0.4, 0.5) is 13.2 Å². The van der Waals surface area contributed by atoms with Crippen LogP contribution in [0.3, 0.4) is 0 Å². The average Bonchev–Trinajstić information content (AvgIpc) is 2.45. The molecule has 0 amide bonds. The Morgan fingerprint density at radius 3 is 2.47 bits per heavy atom. The summed E-state index contributed by atoms with van der Waals surface area (Å²) in [6.07, 6.45) is -4.75. The van der Waals surface area contributed by atoms with E-state index in [9.17, 15) is 18.0 Å². The molecular weight excluding hydrogens is 217 g/mol. The Hall–Kier alpha value is -1.57. The number of hydrogen-bond donors (Lipinski definition) is 2. The molecule has 8 heteroatoms. The van der Waals surface area contributed by atoms with Crippen molar-refractivity contribution in [1.82, 2.24) is 4.98 Å². The molecule has 0 saturated carbocycles. The summed E-state index contributed by atoms with van der Waals surface area (Å²) in [7, 11) is 0. The van der Waals surface area contributed by atoms with Crippen molar-refractivity contribution >= 4 is 5.97 Å². The van der Waals surface area contributed by atoms with Crippen LogP contribution < -0.4 is 5.73 Å². The Labute approximate surface area is 81.7 Å². The fourth-order valence-electron chi connectivity index (χ4n) is 0.930. The van der Waals surface area contributed by atoms with E-state index < -0.39 is 29.8 Å². The van der Waals surface area contributed by atoms with E-state index in [4.69, 9.17) is 10.8 Å². The minimum Gasteiger partial charge on any atom is -0.480 e. The molecule has 15 heavy (non-hydrogen) atoms. The molecular formula is C7H7F3N2O3. The van der Waals surface area contributed by atoms with E-state index in [1.807, 2.05) is 0 Å². The second kappa shape index (κ2) is 3.54. The third-order valence-corrected chi connectivity index (χ3v) is 1.62. The molecule has 3 N–H and O–H groups in total. The van der Waals surface area contributed by atoms with Gasteiger partial charge in [-0.15, -0.1) is 0 Å². The highest BCUT2D eigenvalue weighted by molar-refractivity contribution is 5.74. The maximum atomic E-state index is 12.1. The number of hydrogen-bond acceptors (Lipinski definition) is 4. The molecule has 5 nitrogen and oxygen atoms in total. The normalized spacial score (nSPS) is 13.9. The van der Waals surface area contributed by atoms with Gasteiger partial charge in [0.1, 0.15) is 0 Å². The van der Waals surface area contributed by atoms with Gasteiger partial charge in [-0.2, -0.15) is 13.2 Å². The van der Waals surface area contributed by atoms with Gasteiger partial charge >= 0.3 is 18.0 Å². The molecule has 0 saturated heterocycles. The van der Waals surface area contributed by atoms with E-state index in [-0.39, 0.29) is 5.69 Å². The van der Waals surface area contributed by atoms with E-state index in [1.165, 1.54) is 6.92 Å². The van der Waals surface area contributed by atoms with Crippen LogP contribution in [0, 0.1) is 6.92 Å². The quantitative estimate of drug-likeness (QED) is 0.784. The van der Waals surface area contributed by atoms with Crippen molar-refractivity contribution in [3.63, 3.8) is 0 Å². The zero-order chi connectivity index (χ0) is 11.8. The minimum absolute atomic E-state index is 0.183. The lowest BCUT2D eigenvalue weighted by molar-refractivity contribution is -0.158. The number of alkyl halides is 3. The van der Waals surface area contributed by atoms with Crippen molar-refractivity contribution < 1.29 is 27.5 Å². The summed E-state index contributed by atoms with van der Waals surface area (Å²) >= 11 is 0. The van der Waals surface area contributed by atoms with Gasteiger partial charge < -0.3 is 15.3 Å². The van der Waals surface area contributed by atoms with Gasteiger partial charge in [0.15, 0.2) is 11.8 Å². The van der Waals surface area contributed by atoms with Gasteiger partial charge in [-0.25, -0.2) is 4.98 Å². The maximum absolute atomic E-state index is 12.1. The predicted molar refractivity (Wildman–Crippen MR) is 40.8 cm³/mol. The average molecular weight is 224 g/mol. The highest BCUT2D eigenvalue weighted by atomic mass is 19.4. The van der Waals surface area contributed by atoms with Crippen molar-refractivity contribution in [1.29, 1.82) is 0 Å². The summed E-state index contributed by atoms with van der Waals surface area (Å²) in [6.45, 7) is 1.19. The number of rotatable bonds is 2. The first-order valence-corrected chi connectivity index (χ1v) is 3.76. The standard InChI is InChI=1S/C7H7F3N2O3/c1-2-4(3(11)5(13)14)15-6(12-2)7(8,9)10/h3H,11H2,1H3,(H,13,14). The molecule has 1 aromatic rings. The van der Waals surface area contributed by atoms with Gasteiger partial charge in [-0.3, -0.25) is 4.79 Å². The van der Waals surface area contributed by atoms with Crippen LogP contribution in [-0.2, 0) is 11.0 Å². The number of carboxylic acid groups (broad SMARTS) is 1. The van der Waals surface area contributed by atoms with Gasteiger partial charge in [0, 0.05) is 0 Å². The Kier molecular flexibility index (Phi) is 2.71. The molecule has 0 spiro atoms. The highest BCUT2D eigenvalue weighted by Gasteiger charge is 2.39. The number of carbonyl (C=O) groups is 1. The Morgan fingerprint density at radius 2 is 2.13 bits per heavy atom. The monoisotopic (exact) mass is 224 g/mol. The van der Waals surface area contributed by atoms with Crippen molar-refractivity contribution in [2.45, 2.75) is 19.1 Å². The van der Waals surface area contributed by atoms with Gasteiger partial charge in [0.25, 0.3) is 0 Å². The number of oxazole rings is 1. The molecule has 1 atom stereocenters. The van der Waals surface area contributed by atoms with Crippen molar-refractivity contribution in [3.8, 4) is 0 Å². The van der Waals surface area contributed by atoms with E-state index in [0.717, 1.165) is 0 Å². The van der Waals surface area contributed by atoms with E-state index in [1.54, 1.807) is 0 Å². The molecule has 1 heterocycles. The van der Waals surface area contributed by atoms with Crippen molar-refractivity contribution in [2.24, 2.45) is 5.73 Å². The molecule has 0 aliphatic carbocycles. The summed E-state index contributed by atoms with van der Waals surface area (Å²) in [6, 6.07) is -1.64. The topological polar surface area (TPSA) is 89.4 Å². The van der Waals surface area contributed by atoms with Crippen LogP contribution in [0.25, 0.3) is 0 Å². The predicted octanol–water partition coefficient (Wildman–Crippen LogP) is 1.09. The van der Waals surface area contributed by atoms with Crippen LogP contribution in [0.5, 0.6) is 0 Å². The third-order valence-electron chi connectivity index (χ3n) is 1.62. The van der Waals surface area contributed by atoms with Crippen LogP contribution in [0.2, 0.25) is 0 Å². The number of aromatic nitrogens is 1. The molecule has 1 unspecified atom stereocenters. The second-order valence-corrected chi connectivity index (χ2v) is 2.78. The minimum atomic E-state index is -4.75. The molecule has 0 fully saturated rings. The summed E-state index contributed by atoms with van der Waals surface area (Å²) < 4.78 is 40.6. The molecule has 1 rings (SSSR count). The van der Waals surface area contributed by atoms with E-state index in [0.29, 0.717) is 0 Å². The van der Waals surface area contributed by atoms with Crippen LogP contribution >= 0.6 is 0 Å². The summed E-state index contributed by atoms with van der Waals surface area (Å²) in [5, 5.41) is 8.48. The first kappa shape index (κ1) is 11.5. The molecule has 0 aliphatic rings. The van der Waals surface area contributed by atoms with Crippen molar-refractivity contribution in [2.75, 3.05) is 0 Å². The van der Waals surface area contributed by atoms with Crippen LogP contribution in [0.15, 0.2) is 4.42 Å². The summed E-state index contributed by atoms with van der Waals surface area (Å²) in [5.74, 6) is -3.47. The number of nitrogens with two attached hydrogens (primary N) is 1. The first-order valence-electron chi connectivity index (χ1n) is 3.76. The number of halogens is 3. The first-order chi connectivity index (χ1) is 6.73. The Bertz CT molecular complexity index is 385. The number of aryl methyl sites for hydroxylation is 1. The van der Waals surface area contributed by atoms with Crippen molar-refractivity contribution in [3.05, 3.63) is 17.3 Å². The Balaban J connectivity index is 3.12. The maximum Gasteiger partial charge on any atom is 0.468 e. The van der Waals surface area contributed by atoms with Gasteiger partial charge in [-0.05, 0) is 6.92 Å². The zero-order valence-electron chi connectivity index (χ0n) is 7.50. The highest BCUT2D eigenvalue weighted by Crippen LogP contribution is 2.31. The smallest absolute Gasteiger partial charge is 0.468 e. The van der Waals surface area contributed by atoms with E-state index in [2.05, 4.69) is 9.40 Å². The lowest BCUT2D eigenvalue weighted by atomic mass is 10.2. The second-order valence-electron chi connectivity index (χ2n) is 2.78. The lowest BCUT2D eigenvalue weighted by Crippen LogP contribution is -2.20. The van der Waals surface area contributed by atoms with Gasteiger partial charge in [0.2, 0.25) is 0 Å². The van der Waals surface area contributed by atoms with Crippen LogP contribution in [0.1, 0.15) is 23.4 Å². The fraction of sp³-hybridized carbons (Fsp3) is 0.429. The molecule has 0 aromatic carbocycles. The molecule has 0 bridgehead atoms. The number of aliphatic carboxylic acids is 1. The largest absolute Gasteiger partial charge is 0.480 e. The molecule has 0 radical (unpaired) electrons. The number of carboxylic acids is 1. The van der Waals surface area contributed by atoms with E-state index >= 15 is 0 Å². The zero-order valence-corrected chi connectivity index (χ0v) is 7.50. The number of nitrogens with zero attached hydrogens (tertiary/aromatic N) is 1. The lowest BCUT2D eigenvalue weighted by Gasteiger charge is -2.02. The molecule has 0 aliphatic heterocycles. The van der Waals surface area contributed by atoms with Gasteiger partial charge in [0.05, 0.1) is 5.69 Å². The third kappa shape index (κ3) is 2.27. The van der Waals surface area contributed by atoms with Crippen LogP contribution in [-0.4, -0.2) is 16.1 Å². The summed E-state index contributed by atoms with van der Waals surface area (Å²) in [4.78, 5) is 13.5.